The van der Waals surface area contributed by atoms with Gasteiger partial charge in [0.1, 0.15) is 4.88 Å². The van der Waals surface area contributed by atoms with Gasteiger partial charge in [-0.2, -0.15) is 0 Å². The molecule has 0 spiro atoms. The van der Waals surface area contributed by atoms with Crippen molar-refractivity contribution < 1.29 is 9.90 Å². The van der Waals surface area contributed by atoms with Gasteiger partial charge in [-0.15, -0.1) is 11.3 Å². The van der Waals surface area contributed by atoms with Gasteiger partial charge in [-0.05, 0) is 23.6 Å². The Morgan fingerprint density at radius 1 is 1.14 bits per heavy atom. The molecular weight excluding hydrogens is 306 g/mol. The van der Waals surface area contributed by atoms with Gasteiger partial charge in [0.25, 0.3) is 0 Å². The van der Waals surface area contributed by atoms with E-state index >= 15 is 0 Å². The first-order valence-corrected chi connectivity index (χ1v) is 7.58. The van der Waals surface area contributed by atoms with Crippen molar-refractivity contribution in [1.82, 2.24) is 0 Å². The number of carboxylic acids is 1. The summed E-state index contributed by atoms with van der Waals surface area (Å²) in [5, 5.41) is 14.2. The molecule has 2 aromatic carbocycles. The van der Waals surface area contributed by atoms with Crippen LogP contribution in [0, 0.1) is 0 Å². The quantitative estimate of drug-likeness (QED) is 0.722. The van der Waals surface area contributed by atoms with Gasteiger partial charge in [-0.3, -0.25) is 0 Å². The molecule has 0 aliphatic rings. The van der Waals surface area contributed by atoms with Crippen LogP contribution in [-0.4, -0.2) is 11.1 Å². The molecule has 0 atom stereocenters. The molecule has 0 unspecified atom stereocenters. The number of carbonyl (C=O) groups is 1. The molecule has 106 valence electrons. The molecule has 3 rings (SSSR count). The minimum atomic E-state index is -0.896. The molecule has 0 aliphatic carbocycles. The highest BCUT2D eigenvalue weighted by molar-refractivity contribution is 7.21. The van der Waals surface area contributed by atoms with Crippen molar-refractivity contribution in [1.29, 1.82) is 0 Å². The Hall–Kier alpha value is -2.04. The third kappa shape index (κ3) is 2.73. The lowest BCUT2D eigenvalue weighted by Crippen LogP contribution is -2.04. The summed E-state index contributed by atoms with van der Waals surface area (Å²) in [6.45, 7) is 0.426. The number of thiophene rings is 1. The lowest BCUT2D eigenvalue weighted by atomic mass is 10.1. The topological polar surface area (TPSA) is 49.3 Å². The number of aromatic carboxylic acids is 1. The van der Waals surface area contributed by atoms with Gasteiger partial charge in [0, 0.05) is 16.8 Å². The van der Waals surface area contributed by atoms with Crippen LogP contribution < -0.4 is 5.32 Å². The van der Waals surface area contributed by atoms with Crippen LogP contribution in [0.25, 0.3) is 10.1 Å². The third-order valence-electron chi connectivity index (χ3n) is 3.22. The highest BCUT2D eigenvalue weighted by atomic mass is 35.5. The van der Waals surface area contributed by atoms with Crippen molar-refractivity contribution >= 4 is 44.7 Å². The number of nitrogens with one attached hydrogen (secondary N) is 1. The van der Waals surface area contributed by atoms with E-state index in [1.165, 1.54) is 11.3 Å². The van der Waals surface area contributed by atoms with Gasteiger partial charge in [-0.25, -0.2) is 4.79 Å². The normalized spacial score (nSPS) is 10.7. The molecule has 1 heterocycles. The number of anilines is 1. The molecule has 3 nitrogen and oxygen atoms in total. The van der Waals surface area contributed by atoms with E-state index in [0.29, 0.717) is 16.4 Å². The van der Waals surface area contributed by atoms with Crippen LogP contribution in [0.3, 0.4) is 0 Å². The van der Waals surface area contributed by atoms with Crippen molar-refractivity contribution in [2.45, 2.75) is 6.54 Å². The Kier molecular flexibility index (Phi) is 3.82. The first kappa shape index (κ1) is 13.9. The zero-order valence-corrected chi connectivity index (χ0v) is 12.5. The predicted octanol–water partition coefficient (Wildman–Crippen LogP) is 4.87. The first-order chi connectivity index (χ1) is 10.2. The standard InChI is InChI=1S/C16H12ClNO2S/c17-12-6-2-3-7-13(12)18-9-11-10-5-1-4-8-14(10)21-15(11)16(19)20/h1-8,18H,9H2,(H,19,20). The second kappa shape index (κ2) is 5.76. The van der Waals surface area contributed by atoms with Crippen molar-refractivity contribution in [3.05, 3.63) is 64.0 Å². The molecule has 0 saturated heterocycles. The van der Waals surface area contributed by atoms with Crippen LogP contribution >= 0.6 is 22.9 Å². The molecule has 0 radical (unpaired) electrons. The number of carboxylic acid groups (broad SMARTS) is 1. The Bertz CT molecular complexity index is 813. The number of halogens is 1. The molecule has 5 heteroatoms. The average Bonchev–Trinajstić information content (AvgIpc) is 2.85. The number of hydrogen-bond acceptors (Lipinski definition) is 3. The number of para-hydroxylation sites is 1. The molecule has 0 fully saturated rings. The van der Waals surface area contributed by atoms with Crippen molar-refractivity contribution in [2.24, 2.45) is 0 Å². The maximum Gasteiger partial charge on any atom is 0.346 e. The van der Waals surface area contributed by atoms with Crippen molar-refractivity contribution in [3.63, 3.8) is 0 Å². The van der Waals surface area contributed by atoms with Gasteiger partial charge in [0.2, 0.25) is 0 Å². The van der Waals surface area contributed by atoms with Crippen LogP contribution in [0.2, 0.25) is 5.02 Å². The number of rotatable bonds is 4. The molecule has 0 saturated carbocycles. The zero-order chi connectivity index (χ0) is 14.8. The van der Waals surface area contributed by atoms with Crippen LogP contribution in [0.1, 0.15) is 15.2 Å². The van der Waals surface area contributed by atoms with Crippen LogP contribution in [0.15, 0.2) is 48.5 Å². The molecular formula is C16H12ClNO2S. The predicted molar refractivity (Wildman–Crippen MR) is 87.6 cm³/mol. The van der Waals surface area contributed by atoms with E-state index in [4.69, 9.17) is 11.6 Å². The molecule has 1 aromatic heterocycles. The van der Waals surface area contributed by atoms with E-state index in [-0.39, 0.29) is 0 Å². The van der Waals surface area contributed by atoms with E-state index in [0.717, 1.165) is 21.3 Å². The lowest BCUT2D eigenvalue weighted by Gasteiger charge is -2.08. The molecule has 0 aliphatic heterocycles. The summed E-state index contributed by atoms with van der Waals surface area (Å²) in [7, 11) is 0. The van der Waals surface area contributed by atoms with Crippen molar-refractivity contribution in [3.8, 4) is 0 Å². The summed E-state index contributed by atoms with van der Waals surface area (Å²) in [6.07, 6.45) is 0. The minimum absolute atomic E-state index is 0.371. The van der Waals surface area contributed by atoms with Gasteiger partial charge in [0.05, 0.1) is 10.7 Å². The molecule has 0 amide bonds. The fourth-order valence-electron chi connectivity index (χ4n) is 2.24. The van der Waals surface area contributed by atoms with Crippen LogP contribution in [0.4, 0.5) is 5.69 Å². The maximum absolute atomic E-state index is 11.4. The fourth-order valence-corrected chi connectivity index (χ4v) is 3.50. The first-order valence-electron chi connectivity index (χ1n) is 6.39. The smallest absolute Gasteiger partial charge is 0.346 e. The molecule has 3 aromatic rings. The number of hydrogen-bond donors (Lipinski definition) is 2. The monoisotopic (exact) mass is 317 g/mol. The van der Waals surface area contributed by atoms with Gasteiger partial charge < -0.3 is 10.4 Å². The summed E-state index contributed by atoms with van der Waals surface area (Å²) in [4.78, 5) is 11.8. The fraction of sp³-hybridized carbons (Fsp3) is 0.0625. The van der Waals surface area contributed by atoms with Crippen LogP contribution in [0.5, 0.6) is 0 Å². The summed E-state index contributed by atoms with van der Waals surface area (Å²) >= 11 is 7.41. The molecule has 21 heavy (non-hydrogen) atoms. The van der Waals surface area contributed by atoms with Crippen LogP contribution in [-0.2, 0) is 6.54 Å². The van der Waals surface area contributed by atoms with E-state index < -0.39 is 5.97 Å². The van der Waals surface area contributed by atoms with E-state index in [1.807, 2.05) is 42.5 Å². The Labute approximate surface area is 130 Å². The Balaban J connectivity index is 1.98. The molecule has 2 N–H and O–H groups in total. The summed E-state index contributed by atoms with van der Waals surface area (Å²) < 4.78 is 0.978. The van der Waals surface area contributed by atoms with Crippen molar-refractivity contribution in [2.75, 3.05) is 5.32 Å². The highest BCUT2D eigenvalue weighted by Gasteiger charge is 2.17. The molecule has 0 bridgehead atoms. The van der Waals surface area contributed by atoms with Gasteiger partial charge >= 0.3 is 5.97 Å². The largest absolute Gasteiger partial charge is 0.477 e. The maximum atomic E-state index is 11.4. The van der Waals surface area contributed by atoms with Gasteiger partial charge in [-0.1, -0.05) is 41.9 Å². The van der Waals surface area contributed by atoms with E-state index in [9.17, 15) is 9.90 Å². The van der Waals surface area contributed by atoms with Gasteiger partial charge in [0.15, 0.2) is 0 Å². The lowest BCUT2D eigenvalue weighted by molar-refractivity contribution is 0.0701. The second-order valence-corrected chi connectivity index (χ2v) is 6.00. The Morgan fingerprint density at radius 3 is 2.62 bits per heavy atom. The van der Waals surface area contributed by atoms with E-state index in [2.05, 4.69) is 5.32 Å². The third-order valence-corrected chi connectivity index (χ3v) is 4.75. The minimum Gasteiger partial charge on any atom is -0.477 e. The summed E-state index contributed by atoms with van der Waals surface area (Å²) in [5.41, 5.74) is 1.59. The number of benzene rings is 2. The number of fused-ring (bicyclic) bond motifs is 1. The summed E-state index contributed by atoms with van der Waals surface area (Å²) in [6, 6.07) is 15.1. The SMILES string of the molecule is O=C(O)c1sc2ccccc2c1CNc1ccccc1Cl. The highest BCUT2D eigenvalue weighted by Crippen LogP contribution is 2.32. The average molecular weight is 318 g/mol. The van der Waals surface area contributed by atoms with E-state index in [1.54, 1.807) is 6.07 Å². The Morgan fingerprint density at radius 2 is 1.86 bits per heavy atom. The second-order valence-electron chi connectivity index (χ2n) is 4.54. The summed E-state index contributed by atoms with van der Waals surface area (Å²) in [5.74, 6) is -0.896. The zero-order valence-electron chi connectivity index (χ0n) is 11.0.